The number of nitrogens with one attached hydrogen (secondary N) is 1. The molecule has 0 radical (unpaired) electrons. The monoisotopic (exact) mass is 340 g/mol. The number of halogens is 1. The van der Waals surface area contributed by atoms with Gasteiger partial charge in [-0.2, -0.15) is 0 Å². The Labute approximate surface area is 131 Å². The van der Waals surface area contributed by atoms with Crippen LogP contribution in [0.2, 0.25) is 0 Å². The molecule has 0 fully saturated rings. The van der Waals surface area contributed by atoms with Crippen molar-refractivity contribution in [3.8, 4) is 5.69 Å². The maximum atomic E-state index is 12.3. The first-order valence-corrected chi connectivity index (χ1v) is 7.32. The number of carbonyl (C=O) groups excluding carboxylic acids is 1. The van der Waals surface area contributed by atoms with Gasteiger partial charge in [-0.3, -0.25) is 4.79 Å². The first-order chi connectivity index (χ1) is 10.2. The van der Waals surface area contributed by atoms with Crippen LogP contribution in [-0.4, -0.2) is 10.5 Å². The third-order valence-electron chi connectivity index (χ3n) is 3.13. The fourth-order valence-corrected chi connectivity index (χ4v) is 2.56. The van der Waals surface area contributed by atoms with E-state index in [1.807, 2.05) is 71.6 Å². The van der Waals surface area contributed by atoms with E-state index in [1.54, 1.807) is 6.07 Å². The smallest absolute Gasteiger partial charge is 0.256 e. The summed E-state index contributed by atoms with van der Waals surface area (Å²) in [4.78, 5) is 12.3. The molecule has 0 aliphatic rings. The van der Waals surface area contributed by atoms with Crippen LogP contribution in [0.1, 0.15) is 10.4 Å². The zero-order valence-electron chi connectivity index (χ0n) is 11.2. The molecule has 4 heteroatoms. The predicted octanol–water partition coefficient (Wildman–Crippen LogP) is 4.49. The van der Waals surface area contributed by atoms with Gasteiger partial charge < -0.3 is 9.88 Å². The van der Waals surface area contributed by atoms with Crippen molar-refractivity contribution in [3.63, 3.8) is 0 Å². The number of anilines is 1. The average Bonchev–Trinajstić information content (AvgIpc) is 3.02. The minimum atomic E-state index is -0.132. The first kappa shape index (κ1) is 13.6. The van der Waals surface area contributed by atoms with Gasteiger partial charge in [0.2, 0.25) is 0 Å². The second-order valence-electron chi connectivity index (χ2n) is 4.57. The van der Waals surface area contributed by atoms with Gasteiger partial charge in [0, 0.05) is 28.2 Å². The Bertz CT molecular complexity index is 766. The molecule has 0 spiro atoms. The Hall–Kier alpha value is -2.33. The Kier molecular flexibility index (Phi) is 3.88. The van der Waals surface area contributed by atoms with Gasteiger partial charge in [-0.15, -0.1) is 0 Å². The largest absolute Gasteiger partial charge is 0.324 e. The van der Waals surface area contributed by atoms with Crippen molar-refractivity contribution in [1.29, 1.82) is 0 Å². The van der Waals surface area contributed by atoms with Gasteiger partial charge in [0.05, 0.1) is 5.56 Å². The summed E-state index contributed by atoms with van der Waals surface area (Å²) in [5.41, 5.74) is 2.38. The fourth-order valence-electron chi connectivity index (χ4n) is 2.09. The van der Waals surface area contributed by atoms with Crippen LogP contribution in [0.15, 0.2) is 77.5 Å². The van der Waals surface area contributed by atoms with Crippen LogP contribution < -0.4 is 5.32 Å². The molecule has 1 heterocycles. The molecule has 104 valence electrons. The molecular formula is C17H13BrN2O. The summed E-state index contributed by atoms with van der Waals surface area (Å²) in [6.07, 6.45) is 3.93. The van der Waals surface area contributed by atoms with Crippen molar-refractivity contribution in [2.75, 3.05) is 5.32 Å². The Morgan fingerprint density at radius 1 is 0.952 bits per heavy atom. The Morgan fingerprint density at radius 3 is 2.48 bits per heavy atom. The lowest BCUT2D eigenvalue weighted by Crippen LogP contribution is -2.12. The number of rotatable bonds is 3. The second kappa shape index (κ2) is 5.97. The minimum Gasteiger partial charge on any atom is -0.324 e. The van der Waals surface area contributed by atoms with E-state index in [9.17, 15) is 4.79 Å². The lowest BCUT2D eigenvalue weighted by atomic mass is 10.2. The van der Waals surface area contributed by atoms with Gasteiger partial charge in [0.15, 0.2) is 0 Å². The first-order valence-electron chi connectivity index (χ1n) is 6.53. The van der Waals surface area contributed by atoms with Gasteiger partial charge in [0.1, 0.15) is 0 Å². The normalized spacial score (nSPS) is 10.3. The van der Waals surface area contributed by atoms with Crippen molar-refractivity contribution < 1.29 is 4.79 Å². The number of aromatic nitrogens is 1. The van der Waals surface area contributed by atoms with E-state index in [0.29, 0.717) is 5.56 Å². The van der Waals surface area contributed by atoms with Crippen molar-refractivity contribution in [2.24, 2.45) is 0 Å². The molecule has 1 amide bonds. The molecule has 3 aromatic rings. The number of amides is 1. The molecule has 0 saturated carbocycles. The van der Waals surface area contributed by atoms with Crippen molar-refractivity contribution in [3.05, 3.63) is 83.1 Å². The van der Waals surface area contributed by atoms with E-state index in [-0.39, 0.29) is 5.91 Å². The maximum absolute atomic E-state index is 12.3. The van der Waals surface area contributed by atoms with Gasteiger partial charge >= 0.3 is 0 Å². The molecule has 3 nitrogen and oxygen atoms in total. The minimum absolute atomic E-state index is 0.132. The van der Waals surface area contributed by atoms with E-state index in [4.69, 9.17) is 0 Å². The van der Waals surface area contributed by atoms with E-state index in [0.717, 1.165) is 15.8 Å². The fraction of sp³-hybridized carbons (Fsp3) is 0. The van der Waals surface area contributed by atoms with Crippen molar-refractivity contribution in [1.82, 2.24) is 4.57 Å². The average molecular weight is 341 g/mol. The zero-order chi connectivity index (χ0) is 14.7. The summed E-state index contributed by atoms with van der Waals surface area (Å²) >= 11 is 3.39. The molecule has 0 atom stereocenters. The summed E-state index contributed by atoms with van der Waals surface area (Å²) in [6, 6.07) is 19.0. The van der Waals surface area contributed by atoms with Crippen LogP contribution in [0.25, 0.3) is 5.69 Å². The van der Waals surface area contributed by atoms with Gasteiger partial charge in [-0.1, -0.05) is 18.2 Å². The molecule has 21 heavy (non-hydrogen) atoms. The Morgan fingerprint density at radius 2 is 1.71 bits per heavy atom. The van der Waals surface area contributed by atoms with Crippen LogP contribution in [0.4, 0.5) is 5.69 Å². The Balaban J connectivity index is 1.84. The molecule has 2 aromatic carbocycles. The van der Waals surface area contributed by atoms with Crippen LogP contribution in [0, 0.1) is 0 Å². The van der Waals surface area contributed by atoms with Crippen LogP contribution >= 0.6 is 15.9 Å². The van der Waals surface area contributed by atoms with Crippen LogP contribution in [-0.2, 0) is 0 Å². The molecule has 1 N–H and O–H groups in total. The third kappa shape index (κ3) is 3.06. The SMILES string of the molecule is O=C(Nc1cccc(-n2cccc2)c1)c1ccccc1Br. The predicted molar refractivity (Wildman–Crippen MR) is 87.9 cm³/mol. The highest BCUT2D eigenvalue weighted by Gasteiger charge is 2.09. The highest BCUT2D eigenvalue weighted by molar-refractivity contribution is 9.10. The molecule has 0 bridgehead atoms. The van der Waals surface area contributed by atoms with E-state index in [1.165, 1.54) is 0 Å². The van der Waals surface area contributed by atoms with Gasteiger partial charge in [-0.05, 0) is 58.4 Å². The van der Waals surface area contributed by atoms with Crippen LogP contribution in [0.5, 0.6) is 0 Å². The summed E-state index contributed by atoms with van der Waals surface area (Å²) < 4.78 is 2.78. The second-order valence-corrected chi connectivity index (χ2v) is 5.43. The van der Waals surface area contributed by atoms with Crippen molar-refractivity contribution >= 4 is 27.5 Å². The third-order valence-corrected chi connectivity index (χ3v) is 3.82. The van der Waals surface area contributed by atoms with Gasteiger partial charge in [0.25, 0.3) is 5.91 Å². The molecule has 0 unspecified atom stereocenters. The number of hydrogen-bond donors (Lipinski definition) is 1. The number of hydrogen-bond acceptors (Lipinski definition) is 1. The topological polar surface area (TPSA) is 34.0 Å². The molecule has 1 aromatic heterocycles. The maximum Gasteiger partial charge on any atom is 0.256 e. The number of carbonyl (C=O) groups is 1. The van der Waals surface area contributed by atoms with Crippen molar-refractivity contribution in [2.45, 2.75) is 0 Å². The lowest BCUT2D eigenvalue weighted by Gasteiger charge is -2.09. The lowest BCUT2D eigenvalue weighted by molar-refractivity contribution is 0.102. The summed E-state index contributed by atoms with van der Waals surface area (Å²) in [7, 11) is 0. The molecule has 0 saturated heterocycles. The summed E-state index contributed by atoms with van der Waals surface area (Å²) in [5.74, 6) is -0.132. The summed E-state index contributed by atoms with van der Waals surface area (Å²) in [5, 5.41) is 2.92. The number of benzene rings is 2. The van der Waals surface area contributed by atoms with E-state index in [2.05, 4.69) is 21.2 Å². The quantitative estimate of drug-likeness (QED) is 0.748. The molecule has 0 aliphatic heterocycles. The molecule has 0 aliphatic carbocycles. The highest BCUT2D eigenvalue weighted by Crippen LogP contribution is 2.19. The molecule has 3 rings (SSSR count). The standard InChI is InChI=1S/C17H13BrN2O/c18-16-9-2-1-8-15(16)17(21)19-13-6-5-7-14(12-13)20-10-3-4-11-20/h1-12H,(H,19,21). The van der Waals surface area contributed by atoms with E-state index < -0.39 is 0 Å². The highest BCUT2D eigenvalue weighted by atomic mass is 79.9. The van der Waals surface area contributed by atoms with Crippen LogP contribution in [0.3, 0.4) is 0 Å². The molecular weight excluding hydrogens is 328 g/mol. The van der Waals surface area contributed by atoms with E-state index >= 15 is 0 Å². The number of nitrogens with zero attached hydrogens (tertiary/aromatic N) is 1. The zero-order valence-corrected chi connectivity index (χ0v) is 12.7. The van der Waals surface area contributed by atoms with Gasteiger partial charge in [-0.25, -0.2) is 0 Å². The summed E-state index contributed by atoms with van der Waals surface area (Å²) in [6.45, 7) is 0.